The van der Waals surface area contributed by atoms with E-state index in [0.717, 1.165) is 5.39 Å². The number of likely N-dealkylation sites (tertiary alicyclic amines) is 1. The number of anilines is 1. The van der Waals surface area contributed by atoms with E-state index in [0.29, 0.717) is 22.9 Å². The Morgan fingerprint density at radius 2 is 2.00 bits per heavy atom. The van der Waals surface area contributed by atoms with Gasteiger partial charge in [0.2, 0.25) is 5.95 Å². The van der Waals surface area contributed by atoms with Gasteiger partial charge in [-0.3, -0.25) is 0 Å². The average Bonchev–Trinajstić information content (AvgIpc) is 3.18. The number of methoxy groups -OCH3 is 1. The fourth-order valence-electron chi connectivity index (χ4n) is 3.30. The molecule has 140 valence electrons. The number of hydrogen-bond donors (Lipinski definition) is 1. The normalized spacial score (nSPS) is 15.0. The summed E-state index contributed by atoms with van der Waals surface area (Å²) in [4.78, 5) is 11.0. The van der Waals surface area contributed by atoms with Crippen molar-refractivity contribution >= 4 is 22.5 Å². The molecular weight excluding hydrogens is 328 g/mol. The van der Waals surface area contributed by atoms with Gasteiger partial charge in [-0.05, 0) is 51.0 Å². The van der Waals surface area contributed by atoms with Gasteiger partial charge in [-0.15, -0.1) is 0 Å². The lowest BCUT2D eigenvalue weighted by Crippen LogP contribution is -2.30. The van der Waals surface area contributed by atoms with Gasteiger partial charge in [0.15, 0.2) is 5.65 Å². The molecule has 0 aliphatic carbocycles. The van der Waals surface area contributed by atoms with Crippen molar-refractivity contribution in [3.63, 3.8) is 0 Å². The highest BCUT2D eigenvalue weighted by atomic mass is 16.5. The van der Waals surface area contributed by atoms with Crippen molar-refractivity contribution in [3.05, 3.63) is 24.5 Å². The zero-order valence-electron chi connectivity index (χ0n) is 15.7. The van der Waals surface area contributed by atoms with Crippen LogP contribution in [-0.2, 0) is 0 Å². The first-order valence-electron chi connectivity index (χ1n) is 9.39. The summed E-state index contributed by atoms with van der Waals surface area (Å²) in [6.45, 7) is 6.33. The molecule has 0 amide bonds. The third-order valence-electron chi connectivity index (χ3n) is 4.73. The van der Waals surface area contributed by atoms with E-state index in [9.17, 15) is 0 Å². The van der Waals surface area contributed by atoms with Crippen LogP contribution in [0.3, 0.4) is 0 Å². The molecule has 2 aromatic heterocycles. The maximum Gasteiger partial charge on any atom is 0.223 e. The Bertz CT molecular complexity index is 841. The second-order valence-electron chi connectivity index (χ2n) is 6.58. The van der Waals surface area contributed by atoms with E-state index >= 15 is 0 Å². The molecule has 0 atom stereocenters. The average molecular weight is 356 g/mol. The number of nitrogens with two attached hydrogens (primary N) is 1. The molecule has 4 rings (SSSR count). The number of unbranched alkanes of at least 4 members (excludes halogenated alkanes) is 1. The van der Waals surface area contributed by atoms with Crippen LogP contribution in [0.5, 0.6) is 5.75 Å². The Morgan fingerprint density at radius 3 is 2.73 bits per heavy atom. The van der Waals surface area contributed by atoms with Gasteiger partial charge in [-0.25, -0.2) is 9.97 Å². The molecule has 1 fully saturated rings. The van der Waals surface area contributed by atoms with Crippen LogP contribution in [0.1, 0.15) is 39.0 Å². The highest BCUT2D eigenvalue weighted by Gasteiger charge is 2.11. The second kappa shape index (κ2) is 8.80. The first kappa shape index (κ1) is 18.4. The van der Waals surface area contributed by atoms with Gasteiger partial charge in [0.25, 0.3) is 0 Å². The Labute approximate surface area is 154 Å². The molecule has 26 heavy (non-hydrogen) atoms. The van der Waals surface area contributed by atoms with Crippen molar-refractivity contribution in [1.29, 1.82) is 0 Å². The maximum atomic E-state index is 5.78. The van der Waals surface area contributed by atoms with Gasteiger partial charge in [0.05, 0.1) is 7.11 Å². The van der Waals surface area contributed by atoms with Crippen LogP contribution in [-0.4, -0.2) is 51.2 Å². The topological polar surface area (TPSA) is 81.6 Å². The lowest BCUT2D eigenvalue weighted by Gasteiger charge is -2.25. The van der Waals surface area contributed by atoms with Crippen molar-refractivity contribution < 1.29 is 4.74 Å². The van der Waals surface area contributed by atoms with Crippen molar-refractivity contribution in [3.8, 4) is 5.75 Å². The summed E-state index contributed by atoms with van der Waals surface area (Å²) >= 11 is 0. The molecule has 1 aromatic carbocycles. The van der Waals surface area contributed by atoms with Gasteiger partial charge in [-0.2, -0.15) is 9.61 Å². The smallest absolute Gasteiger partial charge is 0.223 e. The minimum Gasteiger partial charge on any atom is -0.494 e. The molecule has 0 bridgehead atoms. The third-order valence-corrected chi connectivity index (χ3v) is 4.73. The molecular formula is C19H28N6O. The molecule has 0 spiro atoms. The minimum atomic E-state index is 0.296. The summed E-state index contributed by atoms with van der Waals surface area (Å²) in [6, 6.07) is 5.63. The van der Waals surface area contributed by atoms with Gasteiger partial charge in [-0.1, -0.05) is 25.8 Å². The molecule has 3 heterocycles. The molecule has 7 nitrogen and oxygen atoms in total. The number of rotatable bonds is 4. The maximum absolute atomic E-state index is 5.78. The largest absolute Gasteiger partial charge is 0.494 e. The first-order valence-corrected chi connectivity index (χ1v) is 9.39. The van der Waals surface area contributed by atoms with E-state index in [1.165, 1.54) is 62.6 Å². The fourth-order valence-corrected chi connectivity index (χ4v) is 3.30. The van der Waals surface area contributed by atoms with E-state index in [-0.39, 0.29) is 0 Å². The minimum absolute atomic E-state index is 0.296. The highest BCUT2D eigenvalue weighted by molar-refractivity contribution is 5.95. The molecule has 0 unspecified atom stereocenters. The van der Waals surface area contributed by atoms with Crippen molar-refractivity contribution in [2.45, 2.75) is 39.0 Å². The SMILES string of the molecule is CCCCN1CCCCC1.COc1cccc2c1nc(N)n1ncnc21. The molecule has 1 aliphatic rings. The van der Waals surface area contributed by atoms with Crippen LogP contribution in [0.15, 0.2) is 24.5 Å². The summed E-state index contributed by atoms with van der Waals surface area (Å²) in [7, 11) is 1.60. The van der Waals surface area contributed by atoms with Crippen LogP contribution in [0.2, 0.25) is 0 Å². The third kappa shape index (κ3) is 4.04. The van der Waals surface area contributed by atoms with Gasteiger partial charge >= 0.3 is 0 Å². The molecule has 0 saturated carbocycles. The van der Waals surface area contributed by atoms with Gasteiger partial charge in [0, 0.05) is 5.39 Å². The van der Waals surface area contributed by atoms with Crippen molar-refractivity contribution in [2.24, 2.45) is 0 Å². The Morgan fingerprint density at radius 1 is 1.19 bits per heavy atom. The van der Waals surface area contributed by atoms with Crippen molar-refractivity contribution in [1.82, 2.24) is 24.5 Å². The number of benzene rings is 1. The predicted octanol–water partition coefficient (Wildman–Crippen LogP) is 3.14. The number of hydrogen-bond acceptors (Lipinski definition) is 6. The first-order chi connectivity index (χ1) is 12.7. The standard InChI is InChI=1S/C10H9N5O.C9H19N/c1-16-7-4-2-3-6-8(7)14-10(11)15-9(6)12-5-13-15;1-2-3-7-10-8-5-4-6-9-10/h2-5H,1H3,(H2,11,14);2-9H2,1H3. The molecule has 1 aliphatic heterocycles. The molecule has 0 radical (unpaired) electrons. The lowest BCUT2D eigenvalue weighted by atomic mass is 10.1. The van der Waals surface area contributed by atoms with Crippen LogP contribution >= 0.6 is 0 Å². The number of fused-ring (bicyclic) bond motifs is 3. The van der Waals surface area contributed by atoms with Crippen LogP contribution in [0.4, 0.5) is 5.95 Å². The number of para-hydroxylation sites is 1. The number of aromatic nitrogens is 4. The summed E-state index contributed by atoms with van der Waals surface area (Å²) < 4.78 is 6.73. The van der Waals surface area contributed by atoms with Crippen LogP contribution in [0.25, 0.3) is 16.6 Å². The van der Waals surface area contributed by atoms with Crippen LogP contribution in [0, 0.1) is 0 Å². The molecule has 1 saturated heterocycles. The number of ether oxygens (including phenoxy) is 1. The van der Waals surface area contributed by atoms with E-state index in [1.807, 2.05) is 18.2 Å². The lowest BCUT2D eigenvalue weighted by molar-refractivity contribution is 0.226. The number of nitrogens with zero attached hydrogens (tertiary/aromatic N) is 5. The van der Waals surface area contributed by atoms with Crippen molar-refractivity contribution in [2.75, 3.05) is 32.5 Å². The van der Waals surface area contributed by atoms with E-state index in [2.05, 4.69) is 26.9 Å². The fraction of sp³-hybridized carbons (Fsp3) is 0.526. The Balaban J connectivity index is 0.000000170. The quantitative estimate of drug-likeness (QED) is 0.773. The Hall–Kier alpha value is -2.41. The summed E-state index contributed by atoms with van der Waals surface area (Å²) in [5.41, 5.74) is 7.16. The predicted molar refractivity (Wildman–Crippen MR) is 104 cm³/mol. The molecule has 7 heteroatoms. The van der Waals surface area contributed by atoms with Gasteiger partial charge in [0.1, 0.15) is 17.6 Å². The van der Waals surface area contributed by atoms with E-state index in [4.69, 9.17) is 10.5 Å². The van der Waals surface area contributed by atoms with Crippen LogP contribution < -0.4 is 10.5 Å². The zero-order chi connectivity index (χ0) is 18.4. The highest BCUT2D eigenvalue weighted by Crippen LogP contribution is 2.26. The summed E-state index contributed by atoms with van der Waals surface area (Å²) in [5, 5.41) is 4.87. The monoisotopic (exact) mass is 356 g/mol. The number of piperidine rings is 1. The molecule has 2 N–H and O–H groups in total. The zero-order valence-corrected chi connectivity index (χ0v) is 15.7. The second-order valence-corrected chi connectivity index (χ2v) is 6.58. The molecule has 3 aromatic rings. The van der Waals surface area contributed by atoms with Gasteiger partial charge < -0.3 is 15.4 Å². The summed E-state index contributed by atoms with van der Waals surface area (Å²) in [6.07, 6.45) is 8.51. The number of nitrogen functional groups attached to an aromatic ring is 1. The Kier molecular flexibility index (Phi) is 6.22. The van der Waals surface area contributed by atoms with E-state index in [1.54, 1.807) is 7.11 Å². The summed E-state index contributed by atoms with van der Waals surface area (Å²) in [5.74, 6) is 0.971. The van der Waals surface area contributed by atoms with E-state index < -0.39 is 0 Å².